The molecule has 0 atom stereocenters. The van der Waals surface area contributed by atoms with E-state index in [4.69, 9.17) is 0 Å². The molecular weight excluding hydrogens is 430 g/mol. The summed E-state index contributed by atoms with van der Waals surface area (Å²) in [5, 5.41) is 12.5. The van der Waals surface area contributed by atoms with Gasteiger partial charge in [0.05, 0.1) is 23.6 Å². The summed E-state index contributed by atoms with van der Waals surface area (Å²) in [6.45, 7) is 6.23. The molecule has 1 amide bonds. The van der Waals surface area contributed by atoms with E-state index in [9.17, 15) is 9.59 Å². The summed E-state index contributed by atoms with van der Waals surface area (Å²) in [5.74, 6) is -0.409. The van der Waals surface area contributed by atoms with Gasteiger partial charge < -0.3 is 10.3 Å². The van der Waals surface area contributed by atoms with Crippen molar-refractivity contribution in [1.29, 1.82) is 0 Å². The smallest absolute Gasteiger partial charge is 0.274 e. The number of nitrogens with zero attached hydrogens (tertiary/aromatic N) is 5. The minimum Gasteiger partial charge on any atom is -0.346 e. The normalized spacial score (nSPS) is 11.6. The maximum absolute atomic E-state index is 13.2. The first-order chi connectivity index (χ1) is 16.3. The van der Waals surface area contributed by atoms with Gasteiger partial charge in [-0.2, -0.15) is 10.2 Å². The Kier molecular flexibility index (Phi) is 5.24. The number of hydrogen-bond donors (Lipinski definition) is 2. The van der Waals surface area contributed by atoms with E-state index in [1.165, 1.54) is 4.52 Å². The molecule has 0 unspecified atom stereocenters. The van der Waals surface area contributed by atoms with Crippen molar-refractivity contribution < 1.29 is 4.79 Å². The summed E-state index contributed by atoms with van der Waals surface area (Å²) in [4.78, 5) is 33.7. The highest BCUT2D eigenvalue weighted by Crippen LogP contribution is 2.26. The molecule has 0 radical (unpaired) electrons. The number of H-pyrrole nitrogens is 1. The van der Waals surface area contributed by atoms with E-state index in [2.05, 4.69) is 25.5 Å². The number of fused-ring (bicyclic) bond motifs is 2. The molecule has 9 nitrogen and oxygen atoms in total. The average Bonchev–Trinajstić information content (AvgIpc) is 3.41. The zero-order valence-electron chi connectivity index (χ0n) is 19.5. The topological polar surface area (TPSA) is 110 Å². The van der Waals surface area contributed by atoms with E-state index >= 15 is 0 Å². The Morgan fingerprint density at radius 1 is 1.21 bits per heavy atom. The molecule has 0 fully saturated rings. The van der Waals surface area contributed by atoms with Crippen molar-refractivity contribution in [3.8, 4) is 11.3 Å². The van der Waals surface area contributed by atoms with Gasteiger partial charge in [-0.05, 0) is 30.5 Å². The van der Waals surface area contributed by atoms with Crippen LogP contribution in [-0.4, -0.2) is 35.3 Å². The number of aryl methyl sites for hydroxylation is 2. The summed E-state index contributed by atoms with van der Waals surface area (Å²) in [7, 11) is 1.82. The lowest BCUT2D eigenvalue weighted by molar-refractivity contribution is 0.0944. The second-order valence-corrected chi connectivity index (χ2v) is 8.78. The van der Waals surface area contributed by atoms with E-state index in [1.54, 1.807) is 23.3 Å². The molecule has 0 aliphatic rings. The van der Waals surface area contributed by atoms with Crippen molar-refractivity contribution >= 4 is 22.3 Å². The Morgan fingerprint density at radius 2 is 2.03 bits per heavy atom. The highest BCUT2D eigenvalue weighted by Gasteiger charge is 2.24. The van der Waals surface area contributed by atoms with Gasteiger partial charge in [0.15, 0.2) is 5.69 Å². The first-order valence-corrected chi connectivity index (χ1v) is 11.1. The Morgan fingerprint density at radius 3 is 2.76 bits per heavy atom. The van der Waals surface area contributed by atoms with Crippen LogP contribution in [0.25, 0.3) is 27.7 Å². The fourth-order valence-electron chi connectivity index (χ4n) is 4.24. The minimum atomic E-state index is -0.333. The number of amides is 1. The van der Waals surface area contributed by atoms with E-state index in [0.29, 0.717) is 23.3 Å². The van der Waals surface area contributed by atoms with E-state index < -0.39 is 0 Å². The molecule has 2 N–H and O–H groups in total. The quantitative estimate of drug-likeness (QED) is 0.422. The highest BCUT2D eigenvalue weighted by atomic mass is 16.2. The number of rotatable bonds is 5. The van der Waals surface area contributed by atoms with Crippen molar-refractivity contribution in [3.63, 3.8) is 0 Å². The number of benzene rings is 1. The number of carbonyl (C=O) groups excluding carboxylic acids is 1. The zero-order chi connectivity index (χ0) is 24.0. The Labute approximate surface area is 195 Å². The Balaban J connectivity index is 1.57. The van der Waals surface area contributed by atoms with Crippen LogP contribution in [0.1, 0.15) is 46.9 Å². The summed E-state index contributed by atoms with van der Waals surface area (Å²) in [6, 6.07) is 7.95. The Bertz CT molecular complexity index is 1610. The number of nitrogens with one attached hydrogen (secondary N) is 2. The maximum atomic E-state index is 13.2. The van der Waals surface area contributed by atoms with Crippen LogP contribution in [0.2, 0.25) is 0 Å². The molecule has 4 heterocycles. The molecule has 5 aromatic rings. The molecule has 172 valence electrons. The van der Waals surface area contributed by atoms with Gasteiger partial charge in [-0.1, -0.05) is 26.0 Å². The minimum absolute atomic E-state index is 0.0754. The molecule has 0 aliphatic heterocycles. The second kappa shape index (κ2) is 8.26. The number of aromatic nitrogens is 6. The highest BCUT2D eigenvalue weighted by molar-refractivity contribution is 5.96. The van der Waals surface area contributed by atoms with E-state index in [1.807, 2.05) is 58.3 Å². The molecule has 0 bridgehead atoms. The van der Waals surface area contributed by atoms with Crippen LogP contribution in [0.3, 0.4) is 0 Å². The molecule has 4 aromatic heterocycles. The van der Waals surface area contributed by atoms with Crippen molar-refractivity contribution in [2.24, 2.45) is 7.05 Å². The molecule has 0 spiro atoms. The lowest BCUT2D eigenvalue weighted by atomic mass is 10.0. The largest absolute Gasteiger partial charge is 0.346 e. The molecule has 9 heteroatoms. The predicted molar refractivity (Wildman–Crippen MR) is 130 cm³/mol. The van der Waals surface area contributed by atoms with Gasteiger partial charge in [-0.15, -0.1) is 0 Å². The van der Waals surface area contributed by atoms with Crippen molar-refractivity contribution in [1.82, 2.24) is 34.7 Å². The van der Waals surface area contributed by atoms with Crippen LogP contribution >= 0.6 is 0 Å². The molecular formula is C25H25N7O2. The zero-order valence-corrected chi connectivity index (χ0v) is 19.5. The first kappa shape index (κ1) is 21.6. The van der Waals surface area contributed by atoms with Crippen molar-refractivity contribution in [2.45, 2.75) is 33.2 Å². The predicted octanol–water partition coefficient (Wildman–Crippen LogP) is 3.33. The van der Waals surface area contributed by atoms with Crippen LogP contribution in [-0.2, 0) is 13.6 Å². The molecule has 0 saturated heterocycles. The van der Waals surface area contributed by atoms with Gasteiger partial charge in [0.1, 0.15) is 5.52 Å². The molecule has 0 saturated carbocycles. The van der Waals surface area contributed by atoms with Crippen LogP contribution in [0, 0.1) is 6.92 Å². The molecule has 34 heavy (non-hydrogen) atoms. The third-order valence-electron chi connectivity index (χ3n) is 5.92. The van der Waals surface area contributed by atoms with Crippen LogP contribution < -0.4 is 10.9 Å². The van der Waals surface area contributed by atoms with Gasteiger partial charge in [-0.25, -0.2) is 4.52 Å². The lowest BCUT2D eigenvalue weighted by Crippen LogP contribution is -2.24. The number of hydrogen-bond acceptors (Lipinski definition) is 5. The summed E-state index contributed by atoms with van der Waals surface area (Å²) >= 11 is 0. The van der Waals surface area contributed by atoms with Gasteiger partial charge >= 0.3 is 0 Å². The summed E-state index contributed by atoms with van der Waals surface area (Å²) < 4.78 is 3.18. The number of carbonyl (C=O) groups is 1. The van der Waals surface area contributed by atoms with Crippen LogP contribution in [0.5, 0.6) is 0 Å². The first-order valence-electron chi connectivity index (χ1n) is 11.1. The SMILES string of the molecule is Cc1cccc2ncc(-c3cn4nc(C(=O)NCc5cnn(C)c5)c(C(C)C)c4c(=O)[nH]3)cc12. The third-order valence-corrected chi connectivity index (χ3v) is 5.92. The lowest BCUT2D eigenvalue weighted by Gasteiger charge is -2.08. The fraction of sp³-hybridized carbons (Fsp3) is 0.240. The number of aromatic amines is 1. The fourth-order valence-corrected chi connectivity index (χ4v) is 4.24. The molecule has 1 aromatic carbocycles. The van der Waals surface area contributed by atoms with Crippen LogP contribution in [0.15, 0.2) is 53.8 Å². The van der Waals surface area contributed by atoms with Gasteiger partial charge in [0.25, 0.3) is 11.5 Å². The third kappa shape index (κ3) is 3.75. The standard InChI is InChI=1S/C25H25N7O2/c1-14(2)21-22(24(33)27-9-16-10-28-31(4)12-16)30-32-13-20(29-25(34)23(21)32)17-8-18-15(3)6-5-7-19(18)26-11-17/h5-8,10-14H,9H2,1-4H3,(H,27,33)(H,29,34). The monoisotopic (exact) mass is 455 g/mol. The van der Waals surface area contributed by atoms with Crippen molar-refractivity contribution in [2.75, 3.05) is 0 Å². The average molecular weight is 456 g/mol. The maximum Gasteiger partial charge on any atom is 0.274 e. The molecule has 5 rings (SSSR count). The summed E-state index contributed by atoms with van der Waals surface area (Å²) in [5.41, 5.74) is 5.15. The van der Waals surface area contributed by atoms with E-state index in [-0.39, 0.29) is 23.1 Å². The van der Waals surface area contributed by atoms with Crippen LogP contribution in [0.4, 0.5) is 0 Å². The van der Waals surface area contributed by atoms with Crippen molar-refractivity contribution in [3.05, 3.63) is 81.8 Å². The Hall–Kier alpha value is -4.27. The molecule has 0 aliphatic carbocycles. The van der Waals surface area contributed by atoms with E-state index in [0.717, 1.165) is 27.6 Å². The summed E-state index contributed by atoms with van der Waals surface area (Å²) in [6.07, 6.45) is 7.00. The van der Waals surface area contributed by atoms with Gasteiger partial charge in [0, 0.05) is 48.1 Å². The number of pyridine rings is 1. The van der Waals surface area contributed by atoms with Gasteiger partial charge in [-0.3, -0.25) is 19.3 Å². The second-order valence-electron chi connectivity index (χ2n) is 8.78. The van der Waals surface area contributed by atoms with Gasteiger partial charge in [0.2, 0.25) is 0 Å².